The van der Waals surface area contributed by atoms with E-state index >= 15 is 0 Å². The average molecular weight is 202 g/mol. The monoisotopic (exact) mass is 202 g/mol. The van der Waals surface area contributed by atoms with Gasteiger partial charge in [-0.05, 0) is 19.8 Å². The Morgan fingerprint density at radius 1 is 1.07 bits per heavy atom. The molecule has 5 nitrogen and oxygen atoms in total. The lowest BCUT2D eigenvalue weighted by Crippen LogP contribution is -2.50. The van der Waals surface area contributed by atoms with Crippen molar-refractivity contribution in [2.75, 3.05) is 0 Å². The lowest BCUT2D eigenvalue weighted by molar-refractivity contribution is -0.140. The largest absolute Gasteiger partial charge is 0.480 e. The molecule has 0 heterocycles. The fraction of sp³-hybridized carbons (Fsp3) is 0.778. The molecule has 3 N–H and O–H groups in total. The van der Waals surface area contributed by atoms with Crippen LogP contribution in [-0.2, 0) is 4.79 Å². The van der Waals surface area contributed by atoms with Crippen LogP contribution in [0.25, 0.3) is 0 Å². The second-order valence-electron chi connectivity index (χ2n) is 3.83. The van der Waals surface area contributed by atoms with Crippen molar-refractivity contribution < 1.29 is 14.7 Å². The van der Waals surface area contributed by atoms with Gasteiger partial charge in [-0.25, -0.2) is 9.59 Å². The summed E-state index contributed by atoms with van der Waals surface area (Å²) >= 11 is 0. The third-order valence-electron chi connectivity index (χ3n) is 1.64. The van der Waals surface area contributed by atoms with E-state index in [4.69, 9.17) is 5.11 Å². The van der Waals surface area contributed by atoms with Gasteiger partial charge in [-0.2, -0.15) is 0 Å². The molecule has 2 amide bonds. The van der Waals surface area contributed by atoms with Gasteiger partial charge < -0.3 is 15.7 Å². The number of aliphatic carboxylic acids is 1. The van der Waals surface area contributed by atoms with Crippen LogP contribution in [0.5, 0.6) is 0 Å². The van der Waals surface area contributed by atoms with Gasteiger partial charge in [0.2, 0.25) is 0 Å². The van der Waals surface area contributed by atoms with Crippen LogP contribution >= 0.6 is 0 Å². The minimum Gasteiger partial charge on any atom is -0.480 e. The molecule has 0 aliphatic heterocycles. The van der Waals surface area contributed by atoms with Gasteiger partial charge in [-0.1, -0.05) is 13.8 Å². The van der Waals surface area contributed by atoms with Gasteiger partial charge in [-0.15, -0.1) is 0 Å². The molecule has 0 aromatic rings. The quantitative estimate of drug-likeness (QED) is 0.631. The van der Waals surface area contributed by atoms with Gasteiger partial charge in [0.05, 0.1) is 0 Å². The van der Waals surface area contributed by atoms with Crippen LogP contribution in [0.15, 0.2) is 0 Å². The summed E-state index contributed by atoms with van der Waals surface area (Å²) in [7, 11) is 0. The van der Waals surface area contributed by atoms with Gasteiger partial charge in [-0.3, -0.25) is 0 Å². The molecule has 0 aliphatic rings. The molecule has 0 rings (SSSR count). The van der Waals surface area contributed by atoms with E-state index in [2.05, 4.69) is 10.6 Å². The first-order valence-corrected chi connectivity index (χ1v) is 4.64. The summed E-state index contributed by atoms with van der Waals surface area (Å²) in [4.78, 5) is 21.9. The molecule has 5 heteroatoms. The maximum Gasteiger partial charge on any atom is 0.326 e. The predicted molar refractivity (Wildman–Crippen MR) is 53.1 cm³/mol. The maximum atomic E-state index is 11.2. The first kappa shape index (κ1) is 12.7. The zero-order valence-electron chi connectivity index (χ0n) is 9.00. The fourth-order valence-electron chi connectivity index (χ4n) is 0.959. The van der Waals surface area contributed by atoms with E-state index in [1.165, 1.54) is 0 Å². The van der Waals surface area contributed by atoms with Gasteiger partial charge >= 0.3 is 12.0 Å². The lowest BCUT2D eigenvalue weighted by Gasteiger charge is -2.19. The van der Waals surface area contributed by atoms with Crippen molar-refractivity contribution in [2.45, 2.75) is 39.8 Å². The summed E-state index contributed by atoms with van der Waals surface area (Å²) in [5.74, 6) is -1.15. The van der Waals surface area contributed by atoms with Crippen molar-refractivity contribution in [3.05, 3.63) is 0 Å². The number of urea groups is 1. The number of nitrogens with one attached hydrogen (secondary N) is 2. The van der Waals surface area contributed by atoms with Crippen LogP contribution in [0.1, 0.15) is 27.7 Å². The molecule has 0 saturated heterocycles. The van der Waals surface area contributed by atoms with Crippen LogP contribution in [0.4, 0.5) is 4.79 Å². The van der Waals surface area contributed by atoms with Crippen molar-refractivity contribution in [3.63, 3.8) is 0 Å². The van der Waals surface area contributed by atoms with Crippen LogP contribution in [-0.4, -0.2) is 29.2 Å². The summed E-state index contributed by atoms with van der Waals surface area (Å²) in [6.45, 7) is 7.11. The summed E-state index contributed by atoms with van der Waals surface area (Å²) in [5.41, 5.74) is 0. The molecule has 1 atom stereocenters. The fourth-order valence-corrected chi connectivity index (χ4v) is 0.959. The summed E-state index contributed by atoms with van der Waals surface area (Å²) in [6.07, 6.45) is 0. The third kappa shape index (κ3) is 4.69. The first-order valence-electron chi connectivity index (χ1n) is 4.64. The molecule has 0 aliphatic carbocycles. The smallest absolute Gasteiger partial charge is 0.326 e. The Kier molecular flexibility index (Phi) is 4.97. The number of hydrogen-bond donors (Lipinski definition) is 3. The lowest BCUT2D eigenvalue weighted by atomic mass is 10.1. The Bertz CT molecular complexity index is 214. The average Bonchev–Trinajstić information content (AvgIpc) is 1.97. The summed E-state index contributed by atoms with van der Waals surface area (Å²) < 4.78 is 0. The number of carboxylic acid groups (broad SMARTS) is 1. The number of hydrogen-bond acceptors (Lipinski definition) is 2. The Morgan fingerprint density at radius 2 is 1.57 bits per heavy atom. The normalized spacial score (nSPS) is 12.7. The molecule has 0 aromatic heterocycles. The van der Waals surface area contributed by atoms with E-state index in [9.17, 15) is 9.59 Å². The minimum atomic E-state index is -1.01. The van der Waals surface area contributed by atoms with Crippen molar-refractivity contribution in [1.29, 1.82) is 0 Å². The summed E-state index contributed by atoms with van der Waals surface area (Å²) in [6, 6.07) is -1.29. The second-order valence-corrected chi connectivity index (χ2v) is 3.83. The molecule has 0 bridgehead atoms. The molecule has 0 radical (unpaired) electrons. The van der Waals surface area contributed by atoms with Crippen molar-refractivity contribution in [2.24, 2.45) is 5.92 Å². The zero-order chi connectivity index (χ0) is 11.3. The van der Waals surface area contributed by atoms with Crippen LogP contribution in [0.2, 0.25) is 0 Å². The molecule has 82 valence electrons. The molecule has 0 aromatic carbocycles. The SMILES string of the molecule is CC(C)NC(=O)NC(C(=O)O)C(C)C. The number of amides is 2. The second kappa shape index (κ2) is 5.47. The molecular formula is C9H18N2O3. The molecule has 14 heavy (non-hydrogen) atoms. The minimum absolute atomic E-state index is 0.00314. The Balaban J connectivity index is 4.17. The van der Waals surface area contributed by atoms with Gasteiger partial charge in [0.25, 0.3) is 0 Å². The number of carbonyl (C=O) groups excluding carboxylic acids is 1. The van der Waals surface area contributed by atoms with Crippen LogP contribution in [0.3, 0.4) is 0 Å². The Hall–Kier alpha value is -1.26. The van der Waals surface area contributed by atoms with Gasteiger partial charge in [0, 0.05) is 6.04 Å². The van der Waals surface area contributed by atoms with E-state index in [-0.39, 0.29) is 12.0 Å². The third-order valence-corrected chi connectivity index (χ3v) is 1.64. The van der Waals surface area contributed by atoms with Crippen LogP contribution in [0, 0.1) is 5.92 Å². The highest BCUT2D eigenvalue weighted by atomic mass is 16.4. The van der Waals surface area contributed by atoms with E-state index in [0.29, 0.717) is 0 Å². The van der Waals surface area contributed by atoms with E-state index in [1.54, 1.807) is 13.8 Å². The first-order chi connectivity index (χ1) is 6.34. The molecular weight excluding hydrogens is 184 g/mol. The van der Waals surface area contributed by atoms with E-state index < -0.39 is 18.0 Å². The molecule has 0 saturated carbocycles. The molecule has 0 spiro atoms. The highest BCUT2D eigenvalue weighted by molar-refractivity contribution is 5.82. The van der Waals surface area contributed by atoms with Crippen molar-refractivity contribution in [3.8, 4) is 0 Å². The number of carbonyl (C=O) groups is 2. The Labute approximate surface area is 83.9 Å². The number of carboxylic acids is 1. The van der Waals surface area contributed by atoms with E-state index in [0.717, 1.165) is 0 Å². The number of rotatable bonds is 4. The Morgan fingerprint density at radius 3 is 1.86 bits per heavy atom. The zero-order valence-corrected chi connectivity index (χ0v) is 9.00. The standard InChI is InChI=1S/C9H18N2O3/c1-5(2)7(8(12)13)11-9(14)10-6(3)4/h5-7H,1-4H3,(H,12,13)(H2,10,11,14). The predicted octanol–water partition coefficient (Wildman–Crippen LogP) is 0.803. The van der Waals surface area contributed by atoms with Gasteiger partial charge in [0.1, 0.15) is 6.04 Å². The van der Waals surface area contributed by atoms with Crippen molar-refractivity contribution >= 4 is 12.0 Å². The van der Waals surface area contributed by atoms with Crippen LogP contribution < -0.4 is 10.6 Å². The topological polar surface area (TPSA) is 78.4 Å². The van der Waals surface area contributed by atoms with E-state index in [1.807, 2.05) is 13.8 Å². The molecule has 1 unspecified atom stereocenters. The van der Waals surface area contributed by atoms with Gasteiger partial charge in [0.15, 0.2) is 0 Å². The highest BCUT2D eigenvalue weighted by Gasteiger charge is 2.23. The van der Waals surface area contributed by atoms with Crippen molar-refractivity contribution in [1.82, 2.24) is 10.6 Å². The summed E-state index contributed by atoms with van der Waals surface area (Å²) in [5, 5.41) is 13.8. The molecule has 0 fully saturated rings. The highest BCUT2D eigenvalue weighted by Crippen LogP contribution is 2.01. The maximum absolute atomic E-state index is 11.2.